The van der Waals surface area contributed by atoms with Crippen molar-refractivity contribution in [3.05, 3.63) is 22.7 Å². The van der Waals surface area contributed by atoms with E-state index in [0.717, 1.165) is 30.2 Å². The molecule has 0 bridgehead atoms. The van der Waals surface area contributed by atoms with Crippen LogP contribution >= 0.6 is 15.9 Å². The highest BCUT2D eigenvalue weighted by atomic mass is 79.9. The van der Waals surface area contributed by atoms with Gasteiger partial charge in [-0.1, -0.05) is 12.8 Å². The topological polar surface area (TPSA) is 52.3 Å². The van der Waals surface area contributed by atoms with Crippen molar-refractivity contribution < 1.29 is 9.53 Å². The van der Waals surface area contributed by atoms with Gasteiger partial charge in [-0.2, -0.15) is 0 Å². The van der Waals surface area contributed by atoms with Crippen LogP contribution < -0.4 is 10.5 Å². The van der Waals surface area contributed by atoms with E-state index in [-0.39, 0.29) is 11.9 Å². The number of ether oxygens (including phenoxy) is 1. The van der Waals surface area contributed by atoms with Crippen molar-refractivity contribution in [3.8, 4) is 5.75 Å². The summed E-state index contributed by atoms with van der Waals surface area (Å²) in [5, 5.41) is 0. The van der Waals surface area contributed by atoms with Crippen molar-refractivity contribution in [2.75, 3.05) is 5.73 Å². The number of halogens is 1. The molecule has 4 heteroatoms. The summed E-state index contributed by atoms with van der Waals surface area (Å²) in [5.41, 5.74) is 6.24. The summed E-state index contributed by atoms with van der Waals surface area (Å²) in [7, 11) is 0. The van der Waals surface area contributed by atoms with E-state index in [9.17, 15) is 4.79 Å². The number of hydrogen-bond acceptors (Lipinski definition) is 3. The zero-order valence-electron chi connectivity index (χ0n) is 8.91. The number of hydrogen-bond donors (Lipinski definition) is 1. The molecule has 0 aliphatic heterocycles. The van der Waals surface area contributed by atoms with Crippen LogP contribution in [0.1, 0.15) is 25.7 Å². The number of anilines is 1. The normalized spacial score (nSPS) is 16.3. The van der Waals surface area contributed by atoms with Crippen LogP contribution in [0.3, 0.4) is 0 Å². The van der Waals surface area contributed by atoms with Crippen LogP contribution in [0, 0.1) is 5.92 Å². The molecule has 2 N–H and O–H groups in total. The Morgan fingerprint density at radius 3 is 2.75 bits per heavy atom. The van der Waals surface area contributed by atoms with E-state index in [1.165, 1.54) is 0 Å². The van der Waals surface area contributed by atoms with Gasteiger partial charge in [-0.25, -0.2) is 0 Å². The third-order valence-corrected chi connectivity index (χ3v) is 3.51. The Labute approximate surface area is 103 Å². The standard InChI is InChI=1S/C12H14BrNO2/c13-10-6-5-9(14)7-11(10)16-12(15)8-3-1-2-4-8/h5-8H,1-4,14H2. The first-order valence-corrected chi connectivity index (χ1v) is 6.23. The van der Waals surface area contributed by atoms with Crippen LogP contribution in [0.4, 0.5) is 5.69 Å². The summed E-state index contributed by atoms with van der Waals surface area (Å²) in [4.78, 5) is 11.8. The molecule has 1 aromatic carbocycles. The van der Waals surface area contributed by atoms with Crippen LogP contribution in [0.25, 0.3) is 0 Å². The van der Waals surface area contributed by atoms with Gasteiger partial charge in [0, 0.05) is 11.8 Å². The molecule has 1 aliphatic carbocycles. The zero-order chi connectivity index (χ0) is 11.5. The molecule has 0 unspecified atom stereocenters. The summed E-state index contributed by atoms with van der Waals surface area (Å²) in [6.07, 6.45) is 4.13. The average molecular weight is 284 g/mol. The number of esters is 1. The number of benzene rings is 1. The van der Waals surface area contributed by atoms with Gasteiger partial charge in [0.05, 0.1) is 10.4 Å². The second-order valence-corrected chi connectivity index (χ2v) is 4.95. The first-order valence-electron chi connectivity index (χ1n) is 5.43. The molecule has 0 spiro atoms. The Balaban J connectivity index is 2.07. The van der Waals surface area contributed by atoms with E-state index in [1.807, 2.05) is 0 Å². The fraction of sp³-hybridized carbons (Fsp3) is 0.417. The third-order valence-electron chi connectivity index (χ3n) is 2.85. The lowest BCUT2D eigenvalue weighted by atomic mass is 10.1. The zero-order valence-corrected chi connectivity index (χ0v) is 10.5. The van der Waals surface area contributed by atoms with E-state index < -0.39 is 0 Å². The van der Waals surface area contributed by atoms with Crippen LogP contribution in [0.2, 0.25) is 0 Å². The Morgan fingerprint density at radius 1 is 1.38 bits per heavy atom. The number of nitrogen functional groups attached to an aromatic ring is 1. The molecule has 3 nitrogen and oxygen atoms in total. The predicted molar refractivity (Wildman–Crippen MR) is 66.1 cm³/mol. The molecular weight excluding hydrogens is 270 g/mol. The summed E-state index contributed by atoms with van der Waals surface area (Å²) >= 11 is 3.33. The Kier molecular flexibility index (Phi) is 3.49. The maximum Gasteiger partial charge on any atom is 0.314 e. The lowest BCUT2D eigenvalue weighted by Crippen LogP contribution is -2.17. The molecule has 2 rings (SSSR count). The first-order chi connectivity index (χ1) is 7.66. The molecule has 1 aliphatic rings. The highest BCUT2D eigenvalue weighted by molar-refractivity contribution is 9.10. The molecule has 1 fully saturated rings. The van der Waals surface area contributed by atoms with Gasteiger partial charge in [-0.05, 0) is 40.9 Å². The van der Waals surface area contributed by atoms with Gasteiger partial charge in [0.2, 0.25) is 0 Å². The Hall–Kier alpha value is -1.03. The van der Waals surface area contributed by atoms with Crippen LogP contribution in [-0.2, 0) is 4.79 Å². The molecule has 0 radical (unpaired) electrons. The average Bonchev–Trinajstić information content (AvgIpc) is 2.76. The number of nitrogens with two attached hydrogens (primary N) is 1. The SMILES string of the molecule is Nc1ccc(Br)c(OC(=O)C2CCCC2)c1. The number of rotatable bonds is 2. The van der Waals surface area contributed by atoms with E-state index in [0.29, 0.717) is 11.4 Å². The predicted octanol–water partition coefficient (Wildman–Crippen LogP) is 3.13. The fourth-order valence-electron chi connectivity index (χ4n) is 1.95. The monoisotopic (exact) mass is 283 g/mol. The summed E-state index contributed by atoms with van der Waals surface area (Å²) < 4.78 is 6.10. The van der Waals surface area contributed by atoms with Gasteiger partial charge in [-0.3, -0.25) is 4.79 Å². The molecule has 0 heterocycles. The largest absolute Gasteiger partial charge is 0.425 e. The summed E-state index contributed by atoms with van der Waals surface area (Å²) in [6, 6.07) is 5.21. The maximum atomic E-state index is 11.8. The molecule has 16 heavy (non-hydrogen) atoms. The Bertz CT molecular complexity index is 400. The van der Waals surface area contributed by atoms with E-state index in [4.69, 9.17) is 10.5 Å². The molecule has 86 valence electrons. The highest BCUT2D eigenvalue weighted by Crippen LogP contribution is 2.30. The van der Waals surface area contributed by atoms with Crippen molar-refractivity contribution in [2.24, 2.45) is 5.92 Å². The van der Waals surface area contributed by atoms with E-state index in [2.05, 4.69) is 15.9 Å². The highest BCUT2D eigenvalue weighted by Gasteiger charge is 2.25. The van der Waals surface area contributed by atoms with E-state index >= 15 is 0 Å². The molecule has 0 amide bonds. The number of carbonyl (C=O) groups excluding carboxylic acids is 1. The van der Waals surface area contributed by atoms with Crippen molar-refractivity contribution in [3.63, 3.8) is 0 Å². The first kappa shape index (κ1) is 11.5. The van der Waals surface area contributed by atoms with Gasteiger partial charge in [0.1, 0.15) is 5.75 Å². The quantitative estimate of drug-likeness (QED) is 0.515. The van der Waals surface area contributed by atoms with Crippen LogP contribution in [-0.4, -0.2) is 5.97 Å². The minimum Gasteiger partial charge on any atom is -0.425 e. The smallest absolute Gasteiger partial charge is 0.314 e. The minimum absolute atomic E-state index is 0.0633. The summed E-state index contributed by atoms with van der Waals surface area (Å²) in [5.74, 6) is 0.439. The second-order valence-electron chi connectivity index (χ2n) is 4.09. The van der Waals surface area contributed by atoms with Gasteiger partial charge in [-0.15, -0.1) is 0 Å². The van der Waals surface area contributed by atoms with Crippen molar-refractivity contribution in [1.29, 1.82) is 0 Å². The molecule has 0 saturated heterocycles. The van der Waals surface area contributed by atoms with Crippen LogP contribution in [0.15, 0.2) is 22.7 Å². The van der Waals surface area contributed by atoms with Crippen molar-refractivity contribution in [1.82, 2.24) is 0 Å². The van der Waals surface area contributed by atoms with Crippen molar-refractivity contribution >= 4 is 27.6 Å². The summed E-state index contributed by atoms with van der Waals surface area (Å²) in [6.45, 7) is 0. The minimum atomic E-state index is -0.135. The molecule has 1 aromatic rings. The number of carbonyl (C=O) groups is 1. The van der Waals surface area contributed by atoms with Crippen LogP contribution in [0.5, 0.6) is 5.75 Å². The molecule has 0 atom stereocenters. The van der Waals surface area contributed by atoms with Crippen molar-refractivity contribution in [2.45, 2.75) is 25.7 Å². The molecule has 1 saturated carbocycles. The van der Waals surface area contributed by atoms with Gasteiger partial charge >= 0.3 is 5.97 Å². The maximum absolute atomic E-state index is 11.8. The lowest BCUT2D eigenvalue weighted by Gasteiger charge is -2.10. The van der Waals surface area contributed by atoms with Gasteiger partial charge < -0.3 is 10.5 Å². The van der Waals surface area contributed by atoms with Gasteiger partial charge in [0.25, 0.3) is 0 Å². The Morgan fingerprint density at radius 2 is 2.06 bits per heavy atom. The molecular formula is C12H14BrNO2. The second kappa shape index (κ2) is 4.87. The third kappa shape index (κ3) is 2.55. The van der Waals surface area contributed by atoms with Gasteiger partial charge in [0.15, 0.2) is 0 Å². The van der Waals surface area contributed by atoms with E-state index in [1.54, 1.807) is 18.2 Å². The lowest BCUT2D eigenvalue weighted by molar-refractivity contribution is -0.138. The fourth-order valence-corrected chi connectivity index (χ4v) is 2.28. The molecule has 0 aromatic heterocycles.